The van der Waals surface area contributed by atoms with E-state index in [1.165, 1.54) is 0 Å². The van der Waals surface area contributed by atoms with Crippen LogP contribution in [0.5, 0.6) is 0 Å². The lowest BCUT2D eigenvalue weighted by molar-refractivity contribution is 0.872. The lowest BCUT2D eigenvalue weighted by atomic mass is 10.2. The molecule has 0 aliphatic heterocycles. The lowest BCUT2D eigenvalue weighted by Gasteiger charge is -2.00. The van der Waals surface area contributed by atoms with Crippen LogP contribution >= 0.6 is 12.2 Å². The van der Waals surface area contributed by atoms with Crippen molar-refractivity contribution >= 4 is 29.3 Å². The Labute approximate surface area is 137 Å². The van der Waals surface area contributed by atoms with E-state index in [4.69, 9.17) is 12.2 Å². The first-order chi connectivity index (χ1) is 11.3. The van der Waals surface area contributed by atoms with Crippen molar-refractivity contribution in [3.63, 3.8) is 0 Å². The summed E-state index contributed by atoms with van der Waals surface area (Å²) in [5.41, 5.74) is 3.03. The summed E-state index contributed by atoms with van der Waals surface area (Å²) in [6.45, 7) is 0. The van der Waals surface area contributed by atoms with Crippen LogP contribution < -0.4 is 0 Å². The SMILES string of the molecule is S=c1[nH]nc(-c2ccccc2)n1/N=C/c1c[nH]c2ccccc12. The smallest absolute Gasteiger partial charge is 0.216 e. The summed E-state index contributed by atoms with van der Waals surface area (Å²) in [6.07, 6.45) is 3.72. The molecular formula is C17H13N5S. The van der Waals surface area contributed by atoms with Crippen molar-refractivity contribution in [3.05, 3.63) is 71.1 Å². The molecular weight excluding hydrogens is 306 g/mol. The van der Waals surface area contributed by atoms with Crippen molar-refractivity contribution in [2.24, 2.45) is 5.10 Å². The zero-order valence-corrected chi connectivity index (χ0v) is 12.9. The molecule has 0 fully saturated rings. The van der Waals surface area contributed by atoms with Crippen LogP contribution in [0, 0.1) is 4.77 Å². The molecule has 0 aliphatic carbocycles. The largest absolute Gasteiger partial charge is 0.361 e. The van der Waals surface area contributed by atoms with E-state index in [9.17, 15) is 0 Å². The van der Waals surface area contributed by atoms with E-state index in [2.05, 4.69) is 26.3 Å². The second kappa shape index (κ2) is 5.66. The van der Waals surface area contributed by atoms with Crippen LogP contribution in [-0.4, -0.2) is 26.1 Å². The molecule has 0 saturated carbocycles. The van der Waals surface area contributed by atoms with Gasteiger partial charge in [0.05, 0.1) is 6.21 Å². The standard InChI is InChI=1S/C17H13N5S/c23-17-21-20-16(12-6-2-1-3-7-12)22(17)19-11-13-10-18-15-9-5-4-8-14(13)15/h1-11,18H,(H,21,23)/b19-11+. The van der Waals surface area contributed by atoms with Crippen LogP contribution in [0.25, 0.3) is 22.3 Å². The summed E-state index contributed by atoms with van der Waals surface area (Å²) in [4.78, 5) is 3.23. The fourth-order valence-corrected chi connectivity index (χ4v) is 2.67. The first-order valence-electron chi connectivity index (χ1n) is 7.16. The van der Waals surface area contributed by atoms with E-state index in [1.807, 2.05) is 54.7 Å². The van der Waals surface area contributed by atoms with Gasteiger partial charge in [-0.25, -0.2) is 5.10 Å². The predicted molar refractivity (Wildman–Crippen MR) is 94.1 cm³/mol. The second-order valence-electron chi connectivity index (χ2n) is 5.06. The van der Waals surface area contributed by atoms with Gasteiger partial charge in [0.15, 0.2) is 5.82 Å². The number of H-pyrrole nitrogens is 2. The highest BCUT2D eigenvalue weighted by atomic mass is 32.1. The Morgan fingerprint density at radius 2 is 1.83 bits per heavy atom. The predicted octanol–water partition coefficient (Wildman–Crippen LogP) is 3.97. The molecule has 2 aromatic heterocycles. The Kier molecular flexibility index (Phi) is 3.36. The van der Waals surface area contributed by atoms with Gasteiger partial charge < -0.3 is 4.98 Å². The zero-order valence-electron chi connectivity index (χ0n) is 12.1. The fourth-order valence-electron chi connectivity index (χ4n) is 2.49. The Balaban J connectivity index is 1.78. The van der Waals surface area contributed by atoms with Crippen molar-refractivity contribution in [1.82, 2.24) is 19.9 Å². The minimum Gasteiger partial charge on any atom is -0.361 e. The third-order valence-electron chi connectivity index (χ3n) is 3.62. The van der Waals surface area contributed by atoms with Gasteiger partial charge in [0, 0.05) is 28.2 Å². The molecule has 0 spiro atoms. The van der Waals surface area contributed by atoms with Crippen molar-refractivity contribution in [2.75, 3.05) is 0 Å². The van der Waals surface area contributed by atoms with Gasteiger partial charge in [0.25, 0.3) is 0 Å². The molecule has 112 valence electrons. The molecule has 0 amide bonds. The minimum absolute atomic E-state index is 0.458. The number of rotatable bonds is 3. The number of nitrogens with one attached hydrogen (secondary N) is 2. The molecule has 0 unspecified atom stereocenters. The summed E-state index contributed by atoms with van der Waals surface area (Å²) < 4.78 is 2.09. The van der Waals surface area contributed by atoms with Crippen LogP contribution in [0.2, 0.25) is 0 Å². The maximum absolute atomic E-state index is 5.29. The van der Waals surface area contributed by atoms with Gasteiger partial charge in [-0.15, -0.1) is 0 Å². The van der Waals surface area contributed by atoms with Crippen molar-refractivity contribution in [1.29, 1.82) is 0 Å². The third kappa shape index (κ3) is 2.49. The van der Waals surface area contributed by atoms with Gasteiger partial charge in [0.1, 0.15) is 0 Å². The van der Waals surface area contributed by atoms with E-state index < -0.39 is 0 Å². The molecule has 23 heavy (non-hydrogen) atoms. The van der Waals surface area contributed by atoms with Crippen molar-refractivity contribution < 1.29 is 0 Å². The van der Waals surface area contributed by atoms with Gasteiger partial charge in [-0.3, -0.25) is 0 Å². The molecule has 2 heterocycles. The van der Waals surface area contributed by atoms with E-state index in [1.54, 1.807) is 10.9 Å². The summed E-state index contributed by atoms with van der Waals surface area (Å²) in [5, 5.41) is 12.7. The van der Waals surface area contributed by atoms with Crippen LogP contribution in [0.15, 0.2) is 65.9 Å². The van der Waals surface area contributed by atoms with Gasteiger partial charge in [-0.05, 0) is 18.3 Å². The topological polar surface area (TPSA) is 61.8 Å². The molecule has 6 heteroatoms. The summed E-state index contributed by atoms with van der Waals surface area (Å²) >= 11 is 5.29. The first kappa shape index (κ1) is 13.7. The Morgan fingerprint density at radius 3 is 2.70 bits per heavy atom. The quantitative estimate of drug-likeness (QED) is 0.443. The first-order valence-corrected chi connectivity index (χ1v) is 7.57. The number of nitrogens with zero attached hydrogens (tertiary/aromatic N) is 3. The highest BCUT2D eigenvalue weighted by Crippen LogP contribution is 2.18. The number of benzene rings is 2. The monoisotopic (exact) mass is 319 g/mol. The van der Waals surface area contributed by atoms with Crippen LogP contribution in [0.3, 0.4) is 0 Å². The third-order valence-corrected chi connectivity index (χ3v) is 3.88. The fraction of sp³-hybridized carbons (Fsp3) is 0. The minimum atomic E-state index is 0.458. The Hall–Kier alpha value is -2.99. The average molecular weight is 319 g/mol. The molecule has 0 aliphatic rings. The van der Waals surface area contributed by atoms with E-state index in [-0.39, 0.29) is 0 Å². The highest BCUT2D eigenvalue weighted by molar-refractivity contribution is 7.71. The van der Waals surface area contributed by atoms with Crippen molar-refractivity contribution in [3.8, 4) is 11.4 Å². The van der Waals surface area contributed by atoms with E-state index >= 15 is 0 Å². The molecule has 2 aromatic carbocycles. The molecule has 0 bridgehead atoms. The van der Waals surface area contributed by atoms with Crippen molar-refractivity contribution in [2.45, 2.75) is 0 Å². The normalized spacial score (nSPS) is 11.5. The molecule has 0 radical (unpaired) electrons. The molecule has 5 nitrogen and oxygen atoms in total. The van der Waals surface area contributed by atoms with Gasteiger partial charge in [-0.1, -0.05) is 48.5 Å². The Morgan fingerprint density at radius 1 is 1.04 bits per heavy atom. The van der Waals surface area contributed by atoms with Crippen LogP contribution in [-0.2, 0) is 0 Å². The molecule has 4 aromatic rings. The number of hydrogen-bond donors (Lipinski definition) is 2. The van der Waals surface area contributed by atoms with Crippen LogP contribution in [0.1, 0.15) is 5.56 Å². The van der Waals surface area contributed by atoms with Crippen LogP contribution in [0.4, 0.5) is 0 Å². The molecule has 4 rings (SSSR count). The number of hydrogen-bond acceptors (Lipinski definition) is 3. The van der Waals surface area contributed by atoms with Gasteiger partial charge >= 0.3 is 0 Å². The molecule has 0 atom stereocenters. The summed E-state index contributed by atoms with van der Waals surface area (Å²) in [7, 11) is 0. The average Bonchev–Trinajstić information content (AvgIpc) is 3.17. The van der Waals surface area contributed by atoms with E-state index in [0.717, 1.165) is 22.0 Å². The number of aromatic amines is 2. The number of fused-ring (bicyclic) bond motifs is 1. The zero-order chi connectivity index (χ0) is 15.6. The lowest BCUT2D eigenvalue weighted by Crippen LogP contribution is -1.94. The highest BCUT2D eigenvalue weighted by Gasteiger charge is 2.07. The maximum Gasteiger partial charge on any atom is 0.216 e. The summed E-state index contributed by atoms with van der Waals surface area (Å²) in [5.74, 6) is 0.687. The van der Waals surface area contributed by atoms with E-state index in [0.29, 0.717) is 10.6 Å². The molecule has 2 N–H and O–H groups in total. The molecule has 0 saturated heterocycles. The van der Waals surface area contributed by atoms with Gasteiger partial charge in [-0.2, -0.15) is 14.9 Å². The number of aromatic nitrogens is 4. The number of para-hydroxylation sites is 1. The summed E-state index contributed by atoms with van der Waals surface area (Å²) in [6, 6.07) is 17.9. The second-order valence-corrected chi connectivity index (χ2v) is 5.45. The Bertz CT molecular complexity index is 1040. The van der Waals surface area contributed by atoms with Gasteiger partial charge in [0.2, 0.25) is 4.77 Å². The maximum atomic E-state index is 5.29.